The minimum Gasteiger partial charge on any atom is -0.490 e. The van der Waals surface area contributed by atoms with Gasteiger partial charge in [-0.05, 0) is 79.6 Å². The average molecular weight is 467 g/mol. The summed E-state index contributed by atoms with van der Waals surface area (Å²) in [4.78, 5) is 24.3. The Morgan fingerprint density at radius 3 is 2.52 bits per heavy atom. The van der Waals surface area contributed by atoms with Crippen molar-refractivity contribution in [1.29, 1.82) is 0 Å². The van der Waals surface area contributed by atoms with Gasteiger partial charge in [0.15, 0.2) is 18.1 Å². The fourth-order valence-electron chi connectivity index (χ4n) is 2.77. The lowest BCUT2D eigenvalue weighted by molar-refractivity contribution is -0.123. The normalized spacial score (nSPS) is 10.6. The van der Waals surface area contributed by atoms with Crippen LogP contribution in [0.3, 0.4) is 0 Å². The molecule has 7 nitrogen and oxygen atoms in total. The monoisotopic (exact) mass is 466 g/mol. The predicted octanol–water partition coefficient (Wildman–Crippen LogP) is 4.80. The van der Waals surface area contributed by atoms with Crippen molar-refractivity contribution in [3.05, 3.63) is 88.4 Å². The molecule has 0 aromatic heterocycles. The van der Waals surface area contributed by atoms with Crippen LogP contribution < -0.4 is 19.6 Å². The van der Waals surface area contributed by atoms with Gasteiger partial charge in [-0.3, -0.25) is 4.79 Å². The molecule has 0 fully saturated rings. The van der Waals surface area contributed by atoms with E-state index in [-0.39, 0.29) is 12.4 Å². The number of halogens is 1. The largest absolute Gasteiger partial charge is 0.490 e. The number of hydrazone groups is 1. The third kappa shape index (κ3) is 7.36. The molecule has 1 amide bonds. The number of carbonyl (C=O) groups is 2. The third-order valence-corrected chi connectivity index (χ3v) is 4.56. The second-order valence-corrected chi connectivity index (χ2v) is 7.37. The van der Waals surface area contributed by atoms with E-state index in [4.69, 9.17) is 25.8 Å². The van der Waals surface area contributed by atoms with Crippen LogP contribution in [-0.2, 0) is 4.79 Å². The van der Waals surface area contributed by atoms with Crippen LogP contribution in [0.15, 0.2) is 71.8 Å². The van der Waals surface area contributed by atoms with Crippen molar-refractivity contribution in [3.63, 3.8) is 0 Å². The summed E-state index contributed by atoms with van der Waals surface area (Å²) in [5.74, 6) is 0.322. The number of ether oxygens (including phenoxy) is 3. The summed E-state index contributed by atoms with van der Waals surface area (Å²) in [5.41, 5.74) is 4.46. The van der Waals surface area contributed by atoms with Crippen molar-refractivity contribution in [2.24, 2.45) is 5.10 Å². The molecule has 0 aliphatic rings. The second kappa shape index (κ2) is 11.7. The van der Waals surface area contributed by atoms with Crippen molar-refractivity contribution in [2.45, 2.75) is 13.8 Å². The molecule has 0 aliphatic heterocycles. The summed E-state index contributed by atoms with van der Waals surface area (Å²) in [5, 5.41) is 4.47. The summed E-state index contributed by atoms with van der Waals surface area (Å²) in [6.07, 6.45) is 1.46. The zero-order valence-electron chi connectivity index (χ0n) is 18.2. The van der Waals surface area contributed by atoms with E-state index in [9.17, 15) is 9.59 Å². The number of aryl methyl sites for hydroxylation is 1. The van der Waals surface area contributed by atoms with Gasteiger partial charge >= 0.3 is 5.97 Å². The lowest BCUT2D eigenvalue weighted by atomic mass is 10.2. The molecular weight excluding hydrogens is 444 g/mol. The number of benzene rings is 3. The lowest BCUT2D eigenvalue weighted by Crippen LogP contribution is -2.24. The fourth-order valence-corrected chi connectivity index (χ4v) is 2.89. The van der Waals surface area contributed by atoms with Crippen LogP contribution in [0.5, 0.6) is 17.2 Å². The molecule has 33 heavy (non-hydrogen) atoms. The highest BCUT2D eigenvalue weighted by atomic mass is 35.5. The number of carbonyl (C=O) groups excluding carboxylic acids is 2. The number of hydrogen-bond donors (Lipinski definition) is 1. The first-order chi connectivity index (χ1) is 15.9. The van der Waals surface area contributed by atoms with Gasteiger partial charge in [0, 0.05) is 5.02 Å². The van der Waals surface area contributed by atoms with Gasteiger partial charge in [0.25, 0.3) is 5.91 Å². The molecule has 0 aliphatic carbocycles. The van der Waals surface area contributed by atoms with E-state index in [1.807, 2.05) is 32.0 Å². The Balaban J connectivity index is 1.59. The molecular formula is C25H23ClN2O5. The van der Waals surface area contributed by atoms with Gasteiger partial charge in [-0.1, -0.05) is 23.7 Å². The maximum absolute atomic E-state index is 12.4. The first-order valence-electron chi connectivity index (χ1n) is 10.2. The van der Waals surface area contributed by atoms with Gasteiger partial charge in [0.1, 0.15) is 5.75 Å². The Bertz CT molecular complexity index is 1150. The Hall–Kier alpha value is -3.84. The first-order valence-corrected chi connectivity index (χ1v) is 10.6. The van der Waals surface area contributed by atoms with Gasteiger partial charge in [0.05, 0.1) is 18.4 Å². The van der Waals surface area contributed by atoms with E-state index < -0.39 is 11.9 Å². The summed E-state index contributed by atoms with van der Waals surface area (Å²) in [6.45, 7) is 3.97. The molecule has 0 saturated heterocycles. The quantitative estimate of drug-likeness (QED) is 0.212. The van der Waals surface area contributed by atoms with Gasteiger partial charge in [-0.25, -0.2) is 10.2 Å². The Morgan fingerprint density at radius 2 is 1.79 bits per heavy atom. The SMILES string of the molecule is CCOc1cc(C=NNC(=O)COc2cccc(C)c2)ccc1OC(=O)c1ccc(Cl)cc1. The van der Waals surface area contributed by atoms with Gasteiger partial charge < -0.3 is 14.2 Å². The van der Waals surface area contributed by atoms with E-state index in [1.165, 1.54) is 6.21 Å². The lowest BCUT2D eigenvalue weighted by Gasteiger charge is -2.11. The fraction of sp³-hybridized carbons (Fsp3) is 0.160. The van der Waals surface area contributed by atoms with Crippen LogP contribution in [0.1, 0.15) is 28.4 Å². The second-order valence-electron chi connectivity index (χ2n) is 6.93. The van der Waals surface area contributed by atoms with Crippen LogP contribution in [0.2, 0.25) is 5.02 Å². The smallest absolute Gasteiger partial charge is 0.343 e. The van der Waals surface area contributed by atoms with Crippen LogP contribution in [0, 0.1) is 6.92 Å². The van der Waals surface area contributed by atoms with Crippen molar-refractivity contribution in [3.8, 4) is 17.2 Å². The van der Waals surface area contributed by atoms with Gasteiger partial charge in [0.2, 0.25) is 0 Å². The summed E-state index contributed by atoms with van der Waals surface area (Å²) in [6, 6.07) is 18.7. The maximum Gasteiger partial charge on any atom is 0.343 e. The topological polar surface area (TPSA) is 86.2 Å². The van der Waals surface area contributed by atoms with Crippen LogP contribution in [-0.4, -0.2) is 31.3 Å². The Morgan fingerprint density at radius 1 is 1.00 bits per heavy atom. The van der Waals surface area contributed by atoms with Crippen molar-refractivity contribution in [2.75, 3.05) is 13.2 Å². The minimum absolute atomic E-state index is 0.162. The van der Waals surface area contributed by atoms with E-state index in [1.54, 1.807) is 48.5 Å². The van der Waals surface area contributed by atoms with Gasteiger partial charge in [-0.2, -0.15) is 5.10 Å². The standard InChI is InChI=1S/C25H23ClN2O5/c1-3-31-23-14-18(7-12-22(23)33-25(30)19-8-10-20(26)11-9-19)15-27-28-24(29)16-32-21-6-4-5-17(2)13-21/h4-15H,3,16H2,1-2H3,(H,28,29). The summed E-state index contributed by atoms with van der Waals surface area (Å²) < 4.78 is 16.5. The average Bonchev–Trinajstić information content (AvgIpc) is 2.80. The number of esters is 1. The minimum atomic E-state index is -0.532. The molecule has 0 radical (unpaired) electrons. The molecule has 1 N–H and O–H groups in total. The number of hydrogen-bond acceptors (Lipinski definition) is 6. The molecule has 0 heterocycles. The van der Waals surface area contributed by atoms with Crippen molar-refractivity contribution in [1.82, 2.24) is 5.43 Å². The van der Waals surface area contributed by atoms with Gasteiger partial charge in [-0.15, -0.1) is 0 Å². The van der Waals surface area contributed by atoms with Crippen LogP contribution in [0.25, 0.3) is 0 Å². The van der Waals surface area contributed by atoms with Crippen molar-refractivity contribution < 1.29 is 23.8 Å². The molecule has 3 aromatic rings. The molecule has 0 atom stereocenters. The van der Waals surface area contributed by atoms with E-state index >= 15 is 0 Å². The third-order valence-electron chi connectivity index (χ3n) is 4.31. The van der Waals surface area contributed by atoms with E-state index in [2.05, 4.69) is 10.5 Å². The molecule has 0 spiro atoms. The van der Waals surface area contributed by atoms with E-state index in [0.29, 0.717) is 34.3 Å². The number of nitrogens with one attached hydrogen (secondary N) is 1. The molecule has 0 bridgehead atoms. The number of rotatable bonds is 9. The number of amides is 1. The molecule has 8 heteroatoms. The highest BCUT2D eigenvalue weighted by molar-refractivity contribution is 6.30. The Labute approximate surface area is 196 Å². The summed E-state index contributed by atoms with van der Waals surface area (Å²) >= 11 is 5.86. The first kappa shape index (κ1) is 23.8. The van der Waals surface area contributed by atoms with Crippen molar-refractivity contribution >= 4 is 29.7 Å². The van der Waals surface area contributed by atoms with E-state index in [0.717, 1.165) is 5.56 Å². The summed E-state index contributed by atoms with van der Waals surface area (Å²) in [7, 11) is 0. The molecule has 0 unspecified atom stereocenters. The molecule has 3 rings (SSSR count). The number of nitrogens with zero attached hydrogens (tertiary/aromatic N) is 1. The zero-order valence-corrected chi connectivity index (χ0v) is 19.0. The van der Waals surface area contributed by atoms with Crippen LogP contribution in [0.4, 0.5) is 0 Å². The Kier molecular flexibility index (Phi) is 8.43. The highest BCUT2D eigenvalue weighted by Gasteiger charge is 2.13. The zero-order chi connectivity index (χ0) is 23.6. The maximum atomic E-state index is 12.4. The highest BCUT2D eigenvalue weighted by Crippen LogP contribution is 2.29. The van der Waals surface area contributed by atoms with Crippen LogP contribution >= 0.6 is 11.6 Å². The molecule has 170 valence electrons. The molecule has 3 aromatic carbocycles. The molecule has 0 saturated carbocycles. The predicted molar refractivity (Wildman–Crippen MR) is 126 cm³/mol.